The monoisotopic (exact) mass is 288 g/mol. The van der Waals surface area contributed by atoms with E-state index in [1.54, 1.807) is 0 Å². The van der Waals surface area contributed by atoms with E-state index in [0.29, 0.717) is 0 Å². The topological polar surface area (TPSA) is 6.48 Å². The maximum atomic E-state index is 2.43. The number of nitrogens with zero attached hydrogens (tertiary/aromatic N) is 2. The molecular weight excluding hydrogens is 268 g/mol. The van der Waals surface area contributed by atoms with E-state index in [4.69, 9.17) is 0 Å². The normalized spacial score (nSPS) is 14.3. The van der Waals surface area contributed by atoms with Gasteiger partial charge in [0.05, 0.1) is 6.67 Å². The highest BCUT2D eigenvalue weighted by Gasteiger charge is 2.20. The summed E-state index contributed by atoms with van der Waals surface area (Å²) in [6, 6.07) is 17.6. The Bertz CT molecular complexity index is 497. The van der Waals surface area contributed by atoms with Gasteiger partial charge in [0.1, 0.15) is 0 Å². The first-order chi connectivity index (χ1) is 9.22. The van der Waals surface area contributed by atoms with Crippen LogP contribution < -0.4 is 9.80 Å². The Balaban J connectivity index is 0.00000147. The molecule has 2 aromatic rings. The molecule has 0 aromatic heterocycles. The van der Waals surface area contributed by atoms with Crippen LogP contribution in [-0.4, -0.2) is 19.8 Å². The summed E-state index contributed by atoms with van der Waals surface area (Å²) in [5, 5.41) is 0. The maximum absolute atomic E-state index is 2.43. The molecule has 1 aliphatic rings. The summed E-state index contributed by atoms with van der Waals surface area (Å²) < 4.78 is 0. The summed E-state index contributed by atoms with van der Waals surface area (Å²) in [6.45, 7) is 7.43. The smallest absolute Gasteiger partial charge is 0.0904 e. The van der Waals surface area contributed by atoms with Crippen LogP contribution in [0.15, 0.2) is 48.5 Å². The molecule has 0 bridgehead atoms. The zero-order valence-electron chi connectivity index (χ0n) is 12.0. The van der Waals surface area contributed by atoms with Crippen LogP contribution >= 0.6 is 12.4 Å². The van der Waals surface area contributed by atoms with E-state index in [0.717, 1.165) is 19.8 Å². The van der Waals surface area contributed by atoms with E-state index in [9.17, 15) is 0 Å². The van der Waals surface area contributed by atoms with Gasteiger partial charge < -0.3 is 9.80 Å². The highest BCUT2D eigenvalue weighted by atomic mass is 35.5. The molecule has 1 aliphatic heterocycles. The van der Waals surface area contributed by atoms with Gasteiger partial charge in [-0.15, -0.1) is 12.4 Å². The van der Waals surface area contributed by atoms with Crippen LogP contribution in [0, 0.1) is 13.8 Å². The lowest BCUT2D eigenvalue weighted by Crippen LogP contribution is -2.24. The quantitative estimate of drug-likeness (QED) is 0.824. The molecule has 0 spiro atoms. The number of halogens is 1. The summed E-state index contributed by atoms with van der Waals surface area (Å²) >= 11 is 0. The Kier molecular flexibility index (Phi) is 4.56. The van der Waals surface area contributed by atoms with Crippen molar-refractivity contribution >= 4 is 23.8 Å². The molecule has 0 aliphatic carbocycles. The number of rotatable bonds is 2. The average molecular weight is 289 g/mol. The molecular formula is C17H21ClN2. The minimum Gasteiger partial charge on any atom is -0.352 e. The molecule has 0 radical (unpaired) electrons. The third kappa shape index (κ3) is 3.07. The fraction of sp³-hybridized carbons (Fsp3) is 0.294. The Labute approximate surface area is 127 Å². The van der Waals surface area contributed by atoms with E-state index in [1.807, 2.05) is 0 Å². The number of hydrogen-bond acceptors (Lipinski definition) is 2. The van der Waals surface area contributed by atoms with Gasteiger partial charge in [0, 0.05) is 24.5 Å². The molecule has 1 heterocycles. The lowest BCUT2D eigenvalue weighted by atomic mass is 10.2. The zero-order chi connectivity index (χ0) is 13.2. The first kappa shape index (κ1) is 14.7. The molecule has 0 atom stereocenters. The summed E-state index contributed by atoms with van der Waals surface area (Å²) in [4.78, 5) is 4.86. The minimum atomic E-state index is 0. The minimum absolute atomic E-state index is 0. The molecule has 1 fully saturated rings. The van der Waals surface area contributed by atoms with Gasteiger partial charge in [0.25, 0.3) is 0 Å². The van der Waals surface area contributed by atoms with Crippen LogP contribution in [0.4, 0.5) is 11.4 Å². The van der Waals surface area contributed by atoms with Crippen molar-refractivity contribution in [1.82, 2.24) is 0 Å². The number of benzene rings is 2. The van der Waals surface area contributed by atoms with Gasteiger partial charge >= 0.3 is 0 Å². The molecule has 2 aromatic carbocycles. The van der Waals surface area contributed by atoms with E-state index in [2.05, 4.69) is 72.2 Å². The van der Waals surface area contributed by atoms with Gasteiger partial charge in [-0.05, 0) is 38.1 Å². The molecule has 3 heteroatoms. The Hall–Kier alpha value is -1.67. The second-order valence-electron chi connectivity index (χ2n) is 5.34. The van der Waals surface area contributed by atoms with Gasteiger partial charge in [0.15, 0.2) is 0 Å². The van der Waals surface area contributed by atoms with Crippen LogP contribution in [-0.2, 0) is 0 Å². The number of hydrogen-bond donors (Lipinski definition) is 0. The maximum Gasteiger partial charge on any atom is 0.0904 e. The molecule has 0 amide bonds. The largest absolute Gasteiger partial charge is 0.352 e. The van der Waals surface area contributed by atoms with Crippen LogP contribution in [0.3, 0.4) is 0 Å². The fourth-order valence-corrected chi connectivity index (χ4v) is 2.52. The van der Waals surface area contributed by atoms with Crippen LogP contribution in [0.2, 0.25) is 0 Å². The van der Waals surface area contributed by atoms with Crippen LogP contribution in [0.1, 0.15) is 11.1 Å². The van der Waals surface area contributed by atoms with E-state index >= 15 is 0 Å². The highest BCUT2D eigenvalue weighted by Crippen LogP contribution is 2.23. The fourth-order valence-electron chi connectivity index (χ4n) is 2.52. The Morgan fingerprint density at radius 2 is 1.00 bits per heavy atom. The van der Waals surface area contributed by atoms with Crippen LogP contribution in [0.25, 0.3) is 0 Å². The summed E-state index contributed by atoms with van der Waals surface area (Å²) in [7, 11) is 0. The predicted molar refractivity (Wildman–Crippen MR) is 89.2 cm³/mol. The van der Waals surface area contributed by atoms with E-state index < -0.39 is 0 Å². The molecule has 106 valence electrons. The van der Waals surface area contributed by atoms with Gasteiger partial charge in [-0.2, -0.15) is 0 Å². The SMILES string of the molecule is Cc1ccc(N2CCN(c3ccc(C)cc3)C2)cc1.Cl. The summed E-state index contributed by atoms with van der Waals surface area (Å²) in [5.41, 5.74) is 5.28. The zero-order valence-corrected chi connectivity index (χ0v) is 12.9. The third-order valence-electron chi connectivity index (χ3n) is 3.78. The van der Waals surface area contributed by atoms with Crippen molar-refractivity contribution in [3.05, 3.63) is 59.7 Å². The van der Waals surface area contributed by atoms with Crippen molar-refractivity contribution in [2.75, 3.05) is 29.6 Å². The van der Waals surface area contributed by atoms with Crippen molar-refractivity contribution in [2.45, 2.75) is 13.8 Å². The Morgan fingerprint density at radius 3 is 1.35 bits per heavy atom. The van der Waals surface area contributed by atoms with Crippen molar-refractivity contribution in [2.24, 2.45) is 0 Å². The highest BCUT2D eigenvalue weighted by molar-refractivity contribution is 5.85. The average Bonchev–Trinajstić information content (AvgIpc) is 2.90. The van der Waals surface area contributed by atoms with Crippen molar-refractivity contribution in [3.8, 4) is 0 Å². The molecule has 0 saturated carbocycles. The molecule has 20 heavy (non-hydrogen) atoms. The van der Waals surface area contributed by atoms with E-state index in [-0.39, 0.29) is 12.4 Å². The van der Waals surface area contributed by atoms with Crippen molar-refractivity contribution in [1.29, 1.82) is 0 Å². The van der Waals surface area contributed by atoms with Gasteiger partial charge in [-0.3, -0.25) is 0 Å². The van der Waals surface area contributed by atoms with Crippen molar-refractivity contribution < 1.29 is 0 Å². The first-order valence-electron chi connectivity index (χ1n) is 6.85. The molecule has 2 nitrogen and oxygen atoms in total. The second kappa shape index (κ2) is 6.19. The Morgan fingerprint density at radius 1 is 0.650 bits per heavy atom. The third-order valence-corrected chi connectivity index (χ3v) is 3.78. The molecule has 0 N–H and O–H groups in total. The summed E-state index contributed by atoms with van der Waals surface area (Å²) in [6.07, 6.45) is 0. The first-order valence-corrected chi connectivity index (χ1v) is 6.85. The lowest BCUT2D eigenvalue weighted by Gasteiger charge is -2.21. The standard InChI is InChI=1S/C17H20N2.ClH/c1-14-3-7-16(8-4-14)18-11-12-19(13-18)17-9-5-15(2)6-10-17;/h3-10H,11-13H2,1-2H3;1H. The number of anilines is 2. The van der Waals surface area contributed by atoms with Gasteiger partial charge in [-0.1, -0.05) is 35.4 Å². The lowest BCUT2D eigenvalue weighted by molar-refractivity contribution is 0.949. The van der Waals surface area contributed by atoms with Gasteiger partial charge in [0.2, 0.25) is 0 Å². The molecule has 0 unspecified atom stereocenters. The van der Waals surface area contributed by atoms with Gasteiger partial charge in [-0.25, -0.2) is 0 Å². The predicted octanol–water partition coefficient (Wildman–Crippen LogP) is 4.01. The van der Waals surface area contributed by atoms with E-state index in [1.165, 1.54) is 22.5 Å². The van der Waals surface area contributed by atoms with Crippen LogP contribution in [0.5, 0.6) is 0 Å². The summed E-state index contributed by atoms with van der Waals surface area (Å²) in [5.74, 6) is 0. The molecule has 3 rings (SSSR count). The van der Waals surface area contributed by atoms with Crippen molar-refractivity contribution in [3.63, 3.8) is 0 Å². The molecule has 1 saturated heterocycles. The second-order valence-corrected chi connectivity index (χ2v) is 5.34. The number of aryl methyl sites for hydroxylation is 2.